The smallest absolute Gasteiger partial charge is 0.123 e. The molecular weight excluding hydrogens is 230 g/mol. The Morgan fingerprint density at radius 2 is 2.18 bits per heavy atom. The number of hydrogen-bond donors (Lipinski definition) is 2. The van der Waals surface area contributed by atoms with Crippen LogP contribution in [0.5, 0.6) is 0 Å². The third-order valence-corrected chi connectivity index (χ3v) is 4.02. The summed E-state index contributed by atoms with van der Waals surface area (Å²) in [7, 11) is 0. The second-order valence-corrected chi connectivity index (χ2v) is 5.26. The number of likely N-dealkylation sites (N-methyl/N-ethyl adjacent to an activating group) is 1. The van der Waals surface area contributed by atoms with Gasteiger partial charge in [-0.15, -0.1) is 11.3 Å². The molecule has 1 atom stereocenters. The average Bonchev–Trinajstić information content (AvgIpc) is 2.99. The van der Waals surface area contributed by atoms with Gasteiger partial charge in [0.2, 0.25) is 0 Å². The van der Waals surface area contributed by atoms with Crippen LogP contribution in [0.1, 0.15) is 35.5 Å². The number of hydrogen-bond acceptors (Lipinski definition) is 3. The van der Waals surface area contributed by atoms with Crippen molar-refractivity contribution in [3.8, 4) is 0 Å². The van der Waals surface area contributed by atoms with E-state index in [-0.39, 0.29) is 0 Å². The molecule has 0 fully saturated rings. The van der Waals surface area contributed by atoms with Crippen molar-refractivity contribution in [2.75, 3.05) is 6.54 Å². The maximum atomic E-state index is 4.34. The third-order valence-electron chi connectivity index (χ3n) is 2.77. The maximum absolute atomic E-state index is 4.34. The summed E-state index contributed by atoms with van der Waals surface area (Å²) in [5, 5.41) is 3.47. The Labute approximate surface area is 106 Å². The molecule has 0 aliphatic rings. The van der Waals surface area contributed by atoms with E-state index in [9.17, 15) is 0 Å². The van der Waals surface area contributed by atoms with E-state index >= 15 is 0 Å². The van der Waals surface area contributed by atoms with E-state index in [0.717, 1.165) is 25.2 Å². The van der Waals surface area contributed by atoms with E-state index in [0.29, 0.717) is 6.04 Å². The van der Waals surface area contributed by atoms with Crippen molar-refractivity contribution < 1.29 is 0 Å². The van der Waals surface area contributed by atoms with Crippen LogP contribution in [-0.4, -0.2) is 16.5 Å². The molecule has 17 heavy (non-hydrogen) atoms. The van der Waals surface area contributed by atoms with Crippen LogP contribution in [0.3, 0.4) is 0 Å². The first-order valence-corrected chi connectivity index (χ1v) is 6.95. The molecule has 0 saturated heterocycles. The topological polar surface area (TPSA) is 40.7 Å². The van der Waals surface area contributed by atoms with E-state index in [2.05, 4.69) is 41.3 Å². The number of nitrogens with zero attached hydrogens (tertiary/aromatic N) is 1. The molecule has 0 spiro atoms. The van der Waals surface area contributed by atoms with Crippen molar-refractivity contribution >= 4 is 11.3 Å². The van der Waals surface area contributed by atoms with E-state index < -0.39 is 0 Å². The van der Waals surface area contributed by atoms with Crippen LogP contribution >= 0.6 is 11.3 Å². The van der Waals surface area contributed by atoms with Crippen molar-refractivity contribution in [3.63, 3.8) is 0 Å². The first-order valence-electron chi connectivity index (χ1n) is 6.13. The number of imidazole rings is 1. The summed E-state index contributed by atoms with van der Waals surface area (Å²) in [4.78, 5) is 10.4. The number of aromatic nitrogens is 2. The van der Waals surface area contributed by atoms with Gasteiger partial charge in [0.15, 0.2) is 0 Å². The summed E-state index contributed by atoms with van der Waals surface area (Å²) in [6, 6.07) is 4.75. The van der Waals surface area contributed by atoms with E-state index in [1.54, 1.807) is 0 Å². The first kappa shape index (κ1) is 12.3. The lowest BCUT2D eigenvalue weighted by atomic mass is 10.1. The van der Waals surface area contributed by atoms with Gasteiger partial charge in [0.25, 0.3) is 0 Å². The Balaban J connectivity index is 2.07. The normalized spacial score (nSPS) is 12.8. The van der Waals surface area contributed by atoms with Crippen LogP contribution in [-0.2, 0) is 12.8 Å². The standard InChI is InChI=1S/C13H19N3S/c1-3-10-5-6-11(17-10)9-12(14-4-2)13-15-7-8-16-13/h5-8,12,14H,3-4,9H2,1-2H3,(H,15,16). The van der Waals surface area contributed by atoms with E-state index in [4.69, 9.17) is 0 Å². The zero-order valence-electron chi connectivity index (χ0n) is 10.4. The highest BCUT2D eigenvalue weighted by Gasteiger charge is 2.14. The van der Waals surface area contributed by atoms with Crippen LogP contribution in [0.15, 0.2) is 24.5 Å². The van der Waals surface area contributed by atoms with Crippen LogP contribution in [0.25, 0.3) is 0 Å². The highest BCUT2D eigenvalue weighted by atomic mass is 32.1. The molecule has 92 valence electrons. The fourth-order valence-electron chi connectivity index (χ4n) is 1.90. The second-order valence-electron chi connectivity index (χ2n) is 4.01. The predicted molar refractivity (Wildman–Crippen MR) is 72.4 cm³/mol. The lowest BCUT2D eigenvalue weighted by Crippen LogP contribution is -2.23. The molecule has 0 radical (unpaired) electrons. The molecule has 2 aromatic heterocycles. The molecule has 4 heteroatoms. The molecule has 0 aliphatic heterocycles. The van der Waals surface area contributed by atoms with Crippen molar-refractivity contribution in [2.45, 2.75) is 32.7 Å². The zero-order chi connectivity index (χ0) is 12.1. The maximum Gasteiger partial charge on any atom is 0.123 e. The number of H-pyrrole nitrogens is 1. The monoisotopic (exact) mass is 249 g/mol. The van der Waals surface area contributed by atoms with E-state index in [1.807, 2.05) is 23.7 Å². The second kappa shape index (κ2) is 5.98. The lowest BCUT2D eigenvalue weighted by Gasteiger charge is -2.14. The van der Waals surface area contributed by atoms with Crippen molar-refractivity contribution in [1.82, 2.24) is 15.3 Å². The Bertz CT molecular complexity index is 433. The minimum absolute atomic E-state index is 0.290. The molecular formula is C13H19N3S. The highest BCUT2D eigenvalue weighted by Crippen LogP contribution is 2.22. The molecule has 0 aromatic carbocycles. The van der Waals surface area contributed by atoms with Gasteiger partial charge in [-0.05, 0) is 25.1 Å². The molecule has 2 aromatic rings. The summed E-state index contributed by atoms with van der Waals surface area (Å²) in [6.45, 7) is 5.28. The number of aromatic amines is 1. The predicted octanol–water partition coefficient (Wildman–Crippen LogP) is 2.93. The Hall–Kier alpha value is -1.13. The van der Waals surface area contributed by atoms with Gasteiger partial charge in [0.05, 0.1) is 6.04 Å². The fraction of sp³-hybridized carbons (Fsp3) is 0.462. The van der Waals surface area contributed by atoms with Crippen LogP contribution in [0.2, 0.25) is 0 Å². The Morgan fingerprint density at radius 3 is 2.76 bits per heavy atom. The zero-order valence-corrected chi connectivity index (χ0v) is 11.2. The molecule has 1 unspecified atom stereocenters. The molecule has 0 amide bonds. The summed E-state index contributed by atoms with van der Waals surface area (Å²) in [5.74, 6) is 1.03. The minimum Gasteiger partial charge on any atom is -0.347 e. The fourth-order valence-corrected chi connectivity index (χ4v) is 2.91. The van der Waals surface area contributed by atoms with Gasteiger partial charge >= 0.3 is 0 Å². The number of nitrogens with one attached hydrogen (secondary N) is 2. The average molecular weight is 249 g/mol. The number of aryl methyl sites for hydroxylation is 1. The van der Waals surface area contributed by atoms with Crippen LogP contribution in [0.4, 0.5) is 0 Å². The number of rotatable bonds is 6. The van der Waals surface area contributed by atoms with Crippen molar-refractivity contribution in [2.24, 2.45) is 0 Å². The summed E-state index contributed by atoms with van der Waals surface area (Å²) >= 11 is 1.90. The molecule has 2 N–H and O–H groups in total. The SMILES string of the molecule is CCNC(Cc1ccc(CC)s1)c1ncc[nH]1. The van der Waals surface area contributed by atoms with Crippen molar-refractivity contribution in [3.05, 3.63) is 40.1 Å². The van der Waals surface area contributed by atoms with Crippen LogP contribution in [0, 0.1) is 0 Å². The van der Waals surface area contributed by atoms with Gasteiger partial charge in [-0.1, -0.05) is 13.8 Å². The van der Waals surface area contributed by atoms with Gasteiger partial charge < -0.3 is 10.3 Å². The molecule has 0 bridgehead atoms. The lowest BCUT2D eigenvalue weighted by molar-refractivity contribution is 0.529. The minimum atomic E-state index is 0.290. The Kier molecular flexibility index (Phi) is 4.34. The van der Waals surface area contributed by atoms with Gasteiger partial charge in [0.1, 0.15) is 5.82 Å². The number of thiophene rings is 1. The quantitative estimate of drug-likeness (QED) is 0.826. The van der Waals surface area contributed by atoms with E-state index in [1.165, 1.54) is 9.75 Å². The molecule has 3 nitrogen and oxygen atoms in total. The Morgan fingerprint density at radius 1 is 1.35 bits per heavy atom. The molecule has 0 saturated carbocycles. The van der Waals surface area contributed by atoms with Gasteiger partial charge in [-0.2, -0.15) is 0 Å². The molecule has 2 heterocycles. The first-order chi connectivity index (χ1) is 8.33. The summed E-state index contributed by atoms with van der Waals surface area (Å²) in [5.41, 5.74) is 0. The third kappa shape index (κ3) is 3.17. The summed E-state index contributed by atoms with van der Waals surface area (Å²) < 4.78 is 0. The van der Waals surface area contributed by atoms with Crippen molar-refractivity contribution in [1.29, 1.82) is 0 Å². The largest absolute Gasteiger partial charge is 0.347 e. The molecule has 2 rings (SSSR count). The molecule has 0 aliphatic carbocycles. The highest BCUT2D eigenvalue weighted by molar-refractivity contribution is 7.11. The van der Waals surface area contributed by atoms with Gasteiger partial charge in [-0.3, -0.25) is 0 Å². The summed E-state index contributed by atoms with van der Waals surface area (Å²) in [6.07, 6.45) is 5.82. The van der Waals surface area contributed by atoms with Gasteiger partial charge in [0, 0.05) is 28.6 Å². The van der Waals surface area contributed by atoms with Gasteiger partial charge in [-0.25, -0.2) is 4.98 Å². The van der Waals surface area contributed by atoms with Crippen LogP contribution < -0.4 is 5.32 Å².